The fourth-order valence-electron chi connectivity index (χ4n) is 2.19. The summed E-state index contributed by atoms with van der Waals surface area (Å²) in [7, 11) is 1.62. The predicted molar refractivity (Wildman–Crippen MR) is 96.5 cm³/mol. The standard InChI is InChI=1S/C13H14N8.C3H6F2/c1-7-9(19-16-2)3-4-10(17-7)8-5-6-21-11(8)12(14)18-13(15)20-21;1-2-3(4)5/h3-6H,1-2H3,(H4,14,15,18,20);3H,2H2,1H3. The number of rotatable bonds is 3. The van der Waals surface area contributed by atoms with E-state index in [0.29, 0.717) is 11.3 Å². The van der Waals surface area contributed by atoms with Crippen LogP contribution in [-0.2, 0) is 0 Å². The summed E-state index contributed by atoms with van der Waals surface area (Å²) in [6.45, 7) is 3.33. The van der Waals surface area contributed by atoms with Crippen molar-refractivity contribution in [1.29, 1.82) is 0 Å². The maximum atomic E-state index is 10.8. The van der Waals surface area contributed by atoms with Gasteiger partial charge in [0.15, 0.2) is 5.82 Å². The molecule has 138 valence electrons. The first kappa shape index (κ1) is 19.2. The van der Waals surface area contributed by atoms with Crippen LogP contribution in [0.15, 0.2) is 34.6 Å². The Morgan fingerprint density at radius 2 is 1.88 bits per heavy atom. The molecule has 3 aromatic rings. The second-order valence-electron chi connectivity index (χ2n) is 5.28. The van der Waals surface area contributed by atoms with E-state index in [0.717, 1.165) is 22.6 Å². The average molecular weight is 362 g/mol. The smallest absolute Gasteiger partial charge is 0.240 e. The molecule has 26 heavy (non-hydrogen) atoms. The predicted octanol–water partition coefficient (Wildman–Crippen LogP) is 3.64. The Labute approximate surface area is 149 Å². The molecule has 0 saturated carbocycles. The molecule has 3 aromatic heterocycles. The van der Waals surface area contributed by atoms with Crippen molar-refractivity contribution in [3.63, 3.8) is 0 Å². The molecule has 0 spiro atoms. The van der Waals surface area contributed by atoms with Crippen molar-refractivity contribution >= 4 is 23.0 Å². The Kier molecular flexibility index (Phi) is 6.10. The average Bonchev–Trinajstić information content (AvgIpc) is 3.01. The first-order valence-electron chi connectivity index (χ1n) is 7.83. The zero-order chi connectivity index (χ0) is 19.3. The second-order valence-corrected chi connectivity index (χ2v) is 5.28. The first-order chi connectivity index (χ1) is 12.4. The van der Waals surface area contributed by atoms with Crippen LogP contribution in [0, 0.1) is 6.92 Å². The Balaban J connectivity index is 0.000000431. The number of nitrogens with zero attached hydrogens (tertiary/aromatic N) is 6. The highest BCUT2D eigenvalue weighted by atomic mass is 19.3. The number of anilines is 2. The number of azo groups is 1. The van der Waals surface area contributed by atoms with Crippen LogP contribution in [0.3, 0.4) is 0 Å². The highest BCUT2D eigenvalue weighted by molar-refractivity contribution is 5.86. The lowest BCUT2D eigenvalue weighted by molar-refractivity contribution is 0.144. The summed E-state index contributed by atoms with van der Waals surface area (Å²) in [5, 5.41) is 11.9. The van der Waals surface area contributed by atoms with Crippen molar-refractivity contribution < 1.29 is 8.78 Å². The van der Waals surface area contributed by atoms with E-state index in [4.69, 9.17) is 11.5 Å². The van der Waals surface area contributed by atoms with E-state index in [1.165, 1.54) is 6.92 Å². The van der Waals surface area contributed by atoms with Crippen LogP contribution in [0.1, 0.15) is 19.0 Å². The van der Waals surface area contributed by atoms with Gasteiger partial charge in [-0.05, 0) is 25.1 Å². The van der Waals surface area contributed by atoms with Gasteiger partial charge in [0.1, 0.15) is 11.2 Å². The van der Waals surface area contributed by atoms with Gasteiger partial charge < -0.3 is 11.5 Å². The molecule has 0 radical (unpaired) electrons. The van der Waals surface area contributed by atoms with Crippen molar-refractivity contribution in [3.8, 4) is 11.3 Å². The highest BCUT2D eigenvalue weighted by Gasteiger charge is 2.13. The maximum Gasteiger partial charge on any atom is 0.240 e. The van der Waals surface area contributed by atoms with Crippen molar-refractivity contribution in [2.75, 3.05) is 18.5 Å². The Bertz CT molecular complexity index is 920. The number of aryl methyl sites for hydroxylation is 1. The fourth-order valence-corrected chi connectivity index (χ4v) is 2.19. The minimum Gasteiger partial charge on any atom is -0.382 e. The van der Waals surface area contributed by atoms with Crippen molar-refractivity contribution in [2.45, 2.75) is 26.7 Å². The normalized spacial score (nSPS) is 11.2. The van der Waals surface area contributed by atoms with Crippen LogP contribution in [0.5, 0.6) is 0 Å². The van der Waals surface area contributed by atoms with E-state index in [9.17, 15) is 8.78 Å². The van der Waals surface area contributed by atoms with Crippen LogP contribution < -0.4 is 11.5 Å². The van der Waals surface area contributed by atoms with Gasteiger partial charge in [-0.25, -0.2) is 13.3 Å². The van der Waals surface area contributed by atoms with Gasteiger partial charge >= 0.3 is 0 Å². The number of hydrogen-bond acceptors (Lipinski definition) is 7. The number of nitrogen functional groups attached to an aromatic ring is 2. The van der Waals surface area contributed by atoms with Gasteiger partial charge in [0.2, 0.25) is 12.4 Å². The van der Waals surface area contributed by atoms with Crippen LogP contribution in [-0.4, -0.2) is 33.1 Å². The molecule has 3 heterocycles. The summed E-state index contributed by atoms with van der Waals surface area (Å²) in [6, 6.07) is 5.60. The summed E-state index contributed by atoms with van der Waals surface area (Å²) in [5.41, 5.74) is 15.3. The fraction of sp³-hybridized carbons (Fsp3) is 0.312. The van der Waals surface area contributed by atoms with Crippen molar-refractivity contribution in [3.05, 3.63) is 30.1 Å². The molecule has 0 saturated heterocycles. The SMILES string of the molecule is CCC(F)F.CN=Nc1ccc(-c2ccn3nc(N)nc(N)c23)nc1C. The van der Waals surface area contributed by atoms with Gasteiger partial charge in [-0.3, -0.25) is 4.98 Å². The summed E-state index contributed by atoms with van der Waals surface area (Å²) in [4.78, 5) is 8.53. The third-order valence-electron chi connectivity index (χ3n) is 3.40. The molecule has 0 aromatic carbocycles. The Hall–Kier alpha value is -3.17. The molecule has 0 unspecified atom stereocenters. The Morgan fingerprint density at radius 3 is 2.46 bits per heavy atom. The van der Waals surface area contributed by atoms with Crippen molar-refractivity contribution in [1.82, 2.24) is 19.6 Å². The molecule has 10 heteroatoms. The lowest BCUT2D eigenvalue weighted by atomic mass is 10.1. The largest absolute Gasteiger partial charge is 0.382 e. The topological polar surface area (TPSA) is 120 Å². The zero-order valence-electron chi connectivity index (χ0n) is 14.7. The molecule has 0 amide bonds. The second kappa shape index (κ2) is 8.28. The molecular formula is C16H20F2N8. The van der Waals surface area contributed by atoms with E-state index >= 15 is 0 Å². The molecule has 0 aliphatic rings. The summed E-state index contributed by atoms with van der Waals surface area (Å²) >= 11 is 0. The van der Waals surface area contributed by atoms with Gasteiger partial charge in [-0.2, -0.15) is 15.2 Å². The highest BCUT2D eigenvalue weighted by Crippen LogP contribution is 2.29. The number of nitrogens with two attached hydrogens (primary N) is 2. The van der Waals surface area contributed by atoms with E-state index in [1.54, 1.807) is 17.8 Å². The zero-order valence-corrected chi connectivity index (χ0v) is 14.7. The molecule has 3 rings (SSSR count). The summed E-state index contributed by atoms with van der Waals surface area (Å²) in [6.07, 6.45) is -0.370. The van der Waals surface area contributed by atoms with E-state index in [2.05, 4.69) is 25.3 Å². The number of alkyl halides is 2. The molecule has 8 nitrogen and oxygen atoms in total. The molecule has 0 aliphatic carbocycles. The lowest BCUT2D eigenvalue weighted by Crippen LogP contribution is -2.05. The molecule has 0 fully saturated rings. The van der Waals surface area contributed by atoms with Gasteiger partial charge in [-0.1, -0.05) is 6.92 Å². The Morgan fingerprint density at radius 1 is 1.19 bits per heavy atom. The number of halogens is 2. The van der Waals surface area contributed by atoms with E-state index in [1.807, 2.05) is 25.1 Å². The number of hydrogen-bond donors (Lipinski definition) is 2. The van der Waals surface area contributed by atoms with Crippen LogP contribution in [0.4, 0.5) is 26.2 Å². The minimum atomic E-state index is -2.12. The molecule has 4 N–H and O–H groups in total. The monoisotopic (exact) mass is 362 g/mol. The van der Waals surface area contributed by atoms with Gasteiger partial charge in [0.05, 0.1) is 11.4 Å². The number of fused-ring (bicyclic) bond motifs is 1. The summed E-state index contributed by atoms with van der Waals surface area (Å²) in [5.74, 6) is 0.448. The quantitative estimate of drug-likeness (QED) is 0.689. The summed E-state index contributed by atoms with van der Waals surface area (Å²) < 4.78 is 23.1. The van der Waals surface area contributed by atoms with Gasteiger partial charge in [0, 0.05) is 25.2 Å². The molecule has 0 aliphatic heterocycles. The van der Waals surface area contributed by atoms with E-state index < -0.39 is 6.43 Å². The van der Waals surface area contributed by atoms with Crippen LogP contribution >= 0.6 is 0 Å². The molecule has 0 atom stereocenters. The molecular weight excluding hydrogens is 342 g/mol. The van der Waals surface area contributed by atoms with Gasteiger partial charge in [-0.15, -0.1) is 5.10 Å². The third kappa shape index (κ3) is 4.26. The van der Waals surface area contributed by atoms with Crippen LogP contribution in [0.2, 0.25) is 0 Å². The number of aromatic nitrogens is 4. The number of pyridine rings is 1. The third-order valence-corrected chi connectivity index (χ3v) is 3.40. The minimum absolute atomic E-state index is 0.0278. The first-order valence-corrected chi connectivity index (χ1v) is 7.83. The van der Waals surface area contributed by atoms with Crippen LogP contribution in [0.25, 0.3) is 16.8 Å². The van der Waals surface area contributed by atoms with Gasteiger partial charge in [0.25, 0.3) is 0 Å². The van der Waals surface area contributed by atoms with E-state index in [-0.39, 0.29) is 12.4 Å². The van der Waals surface area contributed by atoms with Crippen molar-refractivity contribution in [2.24, 2.45) is 10.2 Å². The maximum absolute atomic E-state index is 10.8. The molecule has 0 bridgehead atoms. The lowest BCUT2D eigenvalue weighted by Gasteiger charge is -2.05.